The van der Waals surface area contributed by atoms with Gasteiger partial charge in [-0.2, -0.15) is 0 Å². The van der Waals surface area contributed by atoms with Gasteiger partial charge in [-0.3, -0.25) is 9.80 Å². The first-order valence-electron chi connectivity index (χ1n) is 7.23. The Morgan fingerprint density at radius 2 is 2.05 bits per heavy atom. The molecule has 0 aliphatic carbocycles. The molecule has 0 saturated carbocycles. The highest BCUT2D eigenvalue weighted by Crippen LogP contribution is 2.22. The van der Waals surface area contributed by atoms with Crippen molar-refractivity contribution in [1.82, 2.24) is 14.8 Å². The van der Waals surface area contributed by atoms with Gasteiger partial charge in [0.05, 0.1) is 0 Å². The Balaban J connectivity index is 1.88. The number of rotatable bonds is 5. The van der Waals surface area contributed by atoms with Gasteiger partial charge >= 0.3 is 0 Å². The normalized spacial score (nSPS) is 25.7. The molecule has 0 aromatic carbocycles. The minimum atomic E-state index is 0.634. The van der Waals surface area contributed by atoms with Gasteiger partial charge in [0.25, 0.3) is 0 Å². The van der Waals surface area contributed by atoms with Crippen molar-refractivity contribution in [1.29, 1.82) is 0 Å². The van der Waals surface area contributed by atoms with E-state index in [0.717, 1.165) is 37.7 Å². The molecule has 1 aliphatic rings. The van der Waals surface area contributed by atoms with Gasteiger partial charge in [-0.05, 0) is 27.3 Å². The monoisotopic (exact) mass is 282 g/mol. The van der Waals surface area contributed by atoms with E-state index < -0.39 is 0 Å². The molecular formula is C14H26N4S. The lowest BCUT2D eigenvalue weighted by Gasteiger charge is -2.42. The van der Waals surface area contributed by atoms with Crippen LogP contribution in [0.25, 0.3) is 0 Å². The summed E-state index contributed by atoms with van der Waals surface area (Å²) >= 11 is 1.79. The lowest BCUT2D eigenvalue weighted by atomic mass is 10.1. The lowest BCUT2D eigenvalue weighted by molar-refractivity contribution is 0.0562. The second-order valence-corrected chi connectivity index (χ2v) is 6.73. The van der Waals surface area contributed by atoms with E-state index >= 15 is 0 Å². The third kappa shape index (κ3) is 3.91. The maximum Gasteiger partial charge on any atom is 0.182 e. The third-order valence-corrected chi connectivity index (χ3v) is 4.83. The van der Waals surface area contributed by atoms with E-state index in [2.05, 4.69) is 47.9 Å². The fourth-order valence-electron chi connectivity index (χ4n) is 2.56. The summed E-state index contributed by atoms with van der Waals surface area (Å²) in [5.41, 5.74) is 0. The average Bonchev–Trinajstić information content (AvgIpc) is 2.81. The fraction of sp³-hybridized carbons (Fsp3) is 0.786. The van der Waals surface area contributed by atoms with Gasteiger partial charge in [0, 0.05) is 49.3 Å². The van der Waals surface area contributed by atoms with Gasteiger partial charge in [-0.1, -0.05) is 6.92 Å². The van der Waals surface area contributed by atoms with E-state index in [-0.39, 0.29) is 0 Å². The maximum atomic E-state index is 4.44. The van der Waals surface area contributed by atoms with Gasteiger partial charge in [-0.25, -0.2) is 4.98 Å². The number of piperazine rings is 1. The molecule has 19 heavy (non-hydrogen) atoms. The number of likely N-dealkylation sites (N-methyl/N-ethyl adjacent to an activating group) is 1. The molecule has 1 aromatic rings. The maximum absolute atomic E-state index is 4.44. The van der Waals surface area contributed by atoms with E-state index in [9.17, 15) is 0 Å². The summed E-state index contributed by atoms with van der Waals surface area (Å²) in [4.78, 5) is 10.8. The second-order valence-electron chi connectivity index (χ2n) is 5.62. The van der Waals surface area contributed by atoms with E-state index in [4.69, 9.17) is 0 Å². The first-order chi connectivity index (χ1) is 9.10. The topological polar surface area (TPSA) is 31.4 Å². The van der Waals surface area contributed by atoms with Crippen molar-refractivity contribution in [2.45, 2.75) is 45.8 Å². The molecule has 4 nitrogen and oxygen atoms in total. The number of thiazole rings is 1. The number of hydrogen-bond acceptors (Lipinski definition) is 5. The Kier molecular flexibility index (Phi) is 5.19. The summed E-state index contributed by atoms with van der Waals surface area (Å²) in [7, 11) is 2.23. The van der Waals surface area contributed by atoms with Crippen LogP contribution in [0.3, 0.4) is 0 Å². The molecule has 1 aliphatic heterocycles. The molecule has 0 radical (unpaired) electrons. The molecule has 2 heterocycles. The Hall–Kier alpha value is -0.650. The van der Waals surface area contributed by atoms with Gasteiger partial charge in [-0.15, -0.1) is 11.3 Å². The van der Waals surface area contributed by atoms with Crippen molar-refractivity contribution in [2.24, 2.45) is 0 Å². The number of anilines is 1. The molecule has 2 unspecified atom stereocenters. The number of nitrogens with zero attached hydrogens (tertiary/aromatic N) is 3. The molecule has 1 aromatic heterocycles. The zero-order valence-electron chi connectivity index (χ0n) is 12.5. The smallest absolute Gasteiger partial charge is 0.182 e. The minimum Gasteiger partial charge on any atom is -0.362 e. The van der Waals surface area contributed by atoms with Crippen LogP contribution in [0.4, 0.5) is 5.13 Å². The molecule has 1 saturated heterocycles. The van der Waals surface area contributed by atoms with Crippen molar-refractivity contribution in [3.05, 3.63) is 11.1 Å². The van der Waals surface area contributed by atoms with Crippen LogP contribution in [-0.4, -0.2) is 53.5 Å². The molecule has 5 heteroatoms. The highest BCUT2D eigenvalue weighted by molar-refractivity contribution is 7.15. The van der Waals surface area contributed by atoms with Crippen LogP contribution in [-0.2, 0) is 6.54 Å². The number of aromatic nitrogens is 1. The Bertz CT molecular complexity index is 381. The third-order valence-electron chi connectivity index (χ3n) is 3.89. The van der Waals surface area contributed by atoms with E-state index in [1.165, 1.54) is 4.88 Å². The predicted octanol–water partition coefficient (Wildman–Crippen LogP) is 2.49. The predicted molar refractivity (Wildman–Crippen MR) is 82.9 cm³/mol. The van der Waals surface area contributed by atoms with Crippen molar-refractivity contribution < 1.29 is 0 Å². The zero-order chi connectivity index (χ0) is 13.8. The molecule has 0 bridgehead atoms. The molecule has 2 rings (SSSR count). The minimum absolute atomic E-state index is 0.634. The van der Waals surface area contributed by atoms with Crippen LogP contribution in [0.5, 0.6) is 0 Å². The van der Waals surface area contributed by atoms with Gasteiger partial charge in [0.2, 0.25) is 0 Å². The first-order valence-corrected chi connectivity index (χ1v) is 8.04. The molecule has 2 atom stereocenters. The highest BCUT2D eigenvalue weighted by atomic mass is 32.1. The summed E-state index contributed by atoms with van der Waals surface area (Å²) in [5, 5.41) is 4.42. The summed E-state index contributed by atoms with van der Waals surface area (Å²) in [5.74, 6) is 0. The van der Waals surface area contributed by atoms with Crippen molar-refractivity contribution in [3.8, 4) is 0 Å². The zero-order valence-corrected chi connectivity index (χ0v) is 13.3. The van der Waals surface area contributed by atoms with Crippen LogP contribution in [0.15, 0.2) is 6.20 Å². The molecule has 108 valence electrons. The van der Waals surface area contributed by atoms with Crippen LogP contribution in [0.1, 0.15) is 32.1 Å². The van der Waals surface area contributed by atoms with Gasteiger partial charge in [0.15, 0.2) is 5.13 Å². The van der Waals surface area contributed by atoms with Crippen LogP contribution in [0.2, 0.25) is 0 Å². The molecule has 0 amide bonds. The summed E-state index contributed by atoms with van der Waals surface area (Å²) in [6, 6.07) is 1.27. The first kappa shape index (κ1) is 14.8. The fourth-order valence-corrected chi connectivity index (χ4v) is 3.44. The van der Waals surface area contributed by atoms with E-state index in [1.807, 2.05) is 6.20 Å². The Morgan fingerprint density at radius 1 is 1.37 bits per heavy atom. The lowest BCUT2D eigenvalue weighted by Crippen LogP contribution is -2.54. The molecule has 1 fully saturated rings. The summed E-state index contributed by atoms with van der Waals surface area (Å²) in [6.45, 7) is 11.1. The Morgan fingerprint density at radius 3 is 2.68 bits per heavy atom. The van der Waals surface area contributed by atoms with E-state index in [1.54, 1.807) is 11.3 Å². The van der Waals surface area contributed by atoms with Crippen LogP contribution >= 0.6 is 11.3 Å². The number of hydrogen-bond donors (Lipinski definition) is 1. The highest BCUT2D eigenvalue weighted by Gasteiger charge is 2.26. The summed E-state index contributed by atoms with van der Waals surface area (Å²) < 4.78 is 0. The molecule has 0 spiro atoms. The quantitative estimate of drug-likeness (QED) is 0.899. The Labute approximate surface area is 120 Å². The average molecular weight is 282 g/mol. The van der Waals surface area contributed by atoms with Crippen molar-refractivity contribution in [3.63, 3.8) is 0 Å². The largest absolute Gasteiger partial charge is 0.362 e. The van der Waals surface area contributed by atoms with Crippen molar-refractivity contribution >= 4 is 16.5 Å². The second kappa shape index (κ2) is 6.68. The SMILES string of the molecule is CCCNc1ncc(CN2CC(C)N(C)C(C)C2)s1. The molecular weight excluding hydrogens is 256 g/mol. The van der Waals surface area contributed by atoms with E-state index in [0.29, 0.717) is 12.1 Å². The van der Waals surface area contributed by atoms with Crippen molar-refractivity contribution in [2.75, 3.05) is 32.0 Å². The summed E-state index contributed by atoms with van der Waals surface area (Å²) in [6.07, 6.45) is 3.17. The standard InChI is InChI=1S/C14H26N4S/c1-5-6-15-14-16-7-13(19-14)10-18-8-11(2)17(4)12(3)9-18/h7,11-12H,5-6,8-10H2,1-4H3,(H,15,16). The van der Waals surface area contributed by atoms with Crippen LogP contribution < -0.4 is 5.32 Å². The van der Waals surface area contributed by atoms with Gasteiger partial charge < -0.3 is 5.32 Å². The molecule has 1 N–H and O–H groups in total. The van der Waals surface area contributed by atoms with Crippen LogP contribution in [0, 0.1) is 0 Å². The van der Waals surface area contributed by atoms with Gasteiger partial charge in [0.1, 0.15) is 0 Å². The number of nitrogens with one attached hydrogen (secondary N) is 1.